The molecule has 132 valence electrons. The van der Waals surface area contributed by atoms with Gasteiger partial charge in [0.05, 0.1) is 4.88 Å². The lowest BCUT2D eigenvalue weighted by Gasteiger charge is -2.04. The summed E-state index contributed by atoms with van der Waals surface area (Å²) in [7, 11) is -3.76. The first-order chi connectivity index (χ1) is 11.8. The van der Waals surface area contributed by atoms with Gasteiger partial charge in [-0.25, -0.2) is 13.1 Å². The van der Waals surface area contributed by atoms with Crippen molar-refractivity contribution in [1.29, 1.82) is 0 Å². The lowest BCUT2D eigenvalue weighted by Crippen LogP contribution is -2.22. The summed E-state index contributed by atoms with van der Waals surface area (Å²) in [4.78, 5) is 0.326. The van der Waals surface area contributed by atoms with Crippen LogP contribution in [-0.2, 0) is 22.7 Å². The van der Waals surface area contributed by atoms with E-state index in [0.717, 1.165) is 23.0 Å². The number of aromatic amines is 1. The third kappa shape index (κ3) is 4.09. The van der Waals surface area contributed by atoms with Crippen LogP contribution in [0.1, 0.15) is 11.3 Å². The fraction of sp³-hybridized carbons (Fsp3) is 0.133. The summed E-state index contributed by atoms with van der Waals surface area (Å²) in [6, 6.07) is 12.6. The number of halogens is 3. The number of aromatic nitrogens is 2. The number of benzene rings is 1. The molecule has 0 bridgehead atoms. The summed E-state index contributed by atoms with van der Waals surface area (Å²) in [5.41, 5.74) is -0.144. The number of H-pyrrole nitrogens is 1. The maximum absolute atomic E-state index is 12.6. The van der Waals surface area contributed by atoms with Crippen LogP contribution in [0.4, 0.5) is 13.2 Å². The molecule has 5 nitrogen and oxygen atoms in total. The molecule has 0 aliphatic carbocycles. The van der Waals surface area contributed by atoms with Crippen molar-refractivity contribution in [3.05, 3.63) is 59.8 Å². The zero-order chi connectivity index (χ0) is 18.1. The van der Waals surface area contributed by atoms with Gasteiger partial charge in [0.15, 0.2) is 0 Å². The van der Waals surface area contributed by atoms with Gasteiger partial charge in [-0.1, -0.05) is 30.3 Å². The number of rotatable bonds is 5. The van der Waals surface area contributed by atoms with Gasteiger partial charge in [-0.3, -0.25) is 5.10 Å². The highest BCUT2D eigenvalue weighted by Crippen LogP contribution is 2.34. The molecule has 0 atom stereocenters. The van der Waals surface area contributed by atoms with E-state index >= 15 is 0 Å². The van der Waals surface area contributed by atoms with Gasteiger partial charge < -0.3 is 0 Å². The zero-order valence-corrected chi connectivity index (χ0v) is 14.2. The Balaban J connectivity index is 1.77. The minimum absolute atomic E-state index is 0.00925. The van der Waals surface area contributed by atoms with Gasteiger partial charge in [0.2, 0.25) is 10.0 Å². The van der Waals surface area contributed by atoms with E-state index in [1.165, 1.54) is 12.1 Å². The minimum Gasteiger partial charge on any atom is -0.273 e. The number of nitrogens with one attached hydrogen (secondary N) is 2. The van der Waals surface area contributed by atoms with Gasteiger partial charge in [0.1, 0.15) is 15.6 Å². The second-order valence-electron chi connectivity index (χ2n) is 5.09. The molecule has 3 rings (SSSR count). The largest absolute Gasteiger partial charge is 0.432 e. The highest BCUT2D eigenvalue weighted by Gasteiger charge is 2.33. The Bertz CT molecular complexity index is 963. The Morgan fingerprint density at radius 2 is 1.84 bits per heavy atom. The molecule has 0 saturated heterocycles. The Morgan fingerprint density at radius 3 is 2.48 bits per heavy atom. The molecule has 0 unspecified atom stereocenters. The van der Waals surface area contributed by atoms with Crippen LogP contribution < -0.4 is 4.72 Å². The molecule has 2 heterocycles. The predicted octanol–water partition coefficient (Wildman–Crippen LogP) is 3.64. The maximum Gasteiger partial charge on any atom is 0.432 e. The van der Waals surface area contributed by atoms with Gasteiger partial charge in [-0.2, -0.15) is 18.3 Å². The Morgan fingerprint density at radius 1 is 1.12 bits per heavy atom. The third-order valence-corrected chi connectivity index (χ3v) is 6.29. The van der Waals surface area contributed by atoms with E-state index in [2.05, 4.69) is 9.82 Å². The van der Waals surface area contributed by atoms with Crippen molar-refractivity contribution in [3.63, 3.8) is 0 Å². The average molecular weight is 387 g/mol. The molecule has 0 saturated carbocycles. The number of sulfonamides is 1. The summed E-state index contributed by atoms with van der Waals surface area (Å²) in [5.74, 6) is 0. The molecule has 0 amide bonds. The van der Waals surface area contributed by atoms with Crippen LogP contribution >= 0.6 is 11.3 Å². The van der Waals surface area contributed by atoms with E-state index in [4.69, 9.17) is 0 Å². The summed E-state index contributed by atoms with van der Waals surface area (Å²) >= 11 is 0.852. The Hall–Kier alpha value is -2.17. The molecule has 2 N–H and O–H groups in total. The first-order valence-electron chi connectivity index (χ1n) is 7.02. The highest BCUT2D eigenvalue weighted by atomic mass is 32.2. The normalized spacial score (nSPS) is 12.4. The van der Waals surface area contributed by atoms with E-state index in [1.807, 2.05) is 11.2 Å². The fourth-order valence-electron chi connectivity index (χ4n) is 2.04. The van der Waals surface area contributed by atoms with Crippen molar-refractivity contribution in [1.82, 2.24) is 14.9 Å². The van der Waals surface area contributed by atoms with Gasteiger partial charge in [0.25, 0.3) is 0 Å². The second kappa shape index (κ2) is 6.62. The van der Waals surface area contributed by atoms with E-state index in [1.54, 1.807) is 24.3 Å². The van der Waals surface area contributed by atoms with Crippen molar-refractivity contribution in [2.45, 2.75) is 16.9 Å². The molecule has 0 aliphatic heterocycles. The monoisotopic (exact) mass is 387 g/mol. The quantitative estimate of drug-likeness (QED) is 0.702. The molecule has 2 aromatic heterocycles. The Kier molecular flexibility index (Phi) is 4.67. The molecule has 0 spiro atoms. The molecule has 0 fully saturated rings. The van der Waals surface area contributed by atoms with Gasteiger partial charge in [0, 0.05) is 6.54 Å². The molecular formula is C15H12F3N3O2S2. The third-order valence-electron chi connectivity index (χ3n) is 3.29. The maximum atomic E-state index is 12.6. The van der Waals surface area contributed by atoms with E-state index in [0.29, 0.717) is 4.88 Å². The van der Waals surface area contributed by atoms with Gasteiger partial charge >= 0.3 is 6.18 Å². The van der Waals surface area contributed by atoms with Crippen LogP contribution in [0.2, 0.25) is 0 Å². The molecule has 10 heteroatoms. The Labute approximate surface area is 145 Å². The molecular weight excluding hydrogens is 375 g/mol. The standard InChI is InChI=1S/C15H12F3N3O2S2/c16-15(17,18)13-8-11(20-21-13)12-6-7-14(24-12)25(22,23)19-9-10-4-2-1-3-5-10/h1-8,19H,9H2,(H,20,21). The van der Waals surface area contributed by atoms with Crippen molar-refractivity contribution >= 4 is 21.4 Å². The molecule has 25 heavy (non-hydrogen) atoms. The summed E-state index contributed by atoms with van der Waals surface area (Å²) in [6.07, 6.45) is -4.53. The summed E-state index contributed by atoms with van der Waals surface area (Å²) < 4.78 is 64.9. The molecule has 1 aromatic carbocycles. The van der Waals surface area contributed by atoms with Crippen LogP contribution in [0.25, 0.3) is 10.6 Å². The van der Waals surface area contributed by atoms with E-state index in [9.17, 15) is 21.6 Å². The predicted molar refractivity (Wildman–Crippen MR) is 87.4 cm³/mol. The van der Waals surface area contributed by atoms with Crippen LogP contribution in [0.5, 0.6) is 0 Å². The lowest BCUT2D eigenvalue weighted by molar-refractivity contribution is -0.141. The molecule has 0 radical (unpaired) electrons. The number of thiophene rings is 1. The van der Waals surface area contributed by atoms with Crippen LogP contribution in [0, 0.1) is 0 Å². The first kappa shape index (κ1) is 17.6. The summed E-state index contributed by atoms with van der Waals surface area (Å²) in [6.45, 7) is 0.122. The summed E-state index contributed by atoms with van der Waals surface area (Å²) in [5, 5.41) is 5.50. The smallest absolute Gasteiger partial charge is 0.273 e. The fourth-order valence-corrected chi connectivity index (χ4v) is 4.37. The van der Waals surface area contributed by atoms with Gasteiger partial charge in [-0.15, -0.1) is 11.3 Å². The average Bonchev–Trinajstić information content (AvgIpc) is 3.22. The molecule has 3 aromatic rings. The van der Waals surface area contributed by atoms with Crippen LogP contribution in [-0.4, -0.2) is 18.6 Å². The van der Waals surface area contributed by atoms with E-state index < -0.39 is 21.9 Å². The first-order valence-corrected chi connectivity index (χ1v) is 9.32. The molecule has 0 aliphatic rings. The van der Waals surface area contributed by atoms with Gasteiger partial charge in [-0.05, 0) is 23.8 Å². The number of hydrogen-bond acceptors (Lipinski definition) is 4. The minimum atomic E-state index is -4.53. The van der Waals surface area contributed by atoms with Crippen molar-refractivity contribution in [2.24, 2.45) is 0 Å². The van der Waals surface area contributed by atoms with E-state index in [-0.39, 0.29) is 16.4 Å². The number of nitrogens with zero attached hydrogens (tertiary/aromatic N) is 1. The van der Waals surface area contributed by atoms with Crippen molar-refractivity contribution in [2.75, 3.05) is 0 Å². The zero-order valence-electron chi connectivity index (χ0n) is 12.5. The topological polar surface area (TPSA) is 74.8 Å². The van der Waals surface area contributed by atoms with Crippen molar-refractivity contribution in [3.8, 4) is 10.6 Å². The van der Waals surface area contributed by atoms with Crippen LogP contribution in [0.15, 0.2) is 52.7 Å². The lowest BCUT2D eigenvalue weighted by atomic mass is 10.2. The number of alkyl halides is 3. The van der Waals surface area contributed by atoms with Crippen LogP contribution in [0.3, 0.4) is 0 Å². The SMILES string of the molecule is O=S(=O)(NCc1ccccc1)c1ccc(-c2cc(C(F)(F)F)[nH]n2)s1. The second-order valence-corrected chi connectivity index (χ2v) is 8.17. The number of hydrogen-bond donors (Lipinski definition) is 2. The highest BCUT2D eigenvalue weighted by molar-refractivity contribution is 7.91. The van der Waals surface area contributed by atoms with Crippen molar-refractivity contribution < 1.29 is 21.6 Å².